The molecule has 0 aromatic carbocycles. The quantitative estimate of drug-likeness (QED) is 0.907. The van der Waals surface area contributed by atoms with E-state index < -0.39 is 0 Å². The van der Waals surface area contributed by atoms with Gasteiger partial charge in [-0.2, -0.15) is 0 Å². The Labute approximate surface area is 131 Å². The average molecular weight is 306 g/mol. The molecule has 2 aliphatic rings. The minimum Gasteiger partial charge on any atom is -0.338 e. The average Bonchev–Trinajstić information content (AvgIpc) is 2.96. The van der Waals surface area contributed by atoms with E-state index in [0.29, 0.717) is 5.92 Å². The van der Waals surface area contributed by atoms with E-state index in [-0.39, 0.29) is 11.3 Å². The monoisotopic (exact) mass is 306 g/mol. The third-order valence-electron chi connectivity index (χ3n) is 4.80. The molecule has 3 nitrogen and oxygen atoms in total. The zero-order valence-corrected chi connectivity index (χ0v) is 14.0. The van der Waals surface area contributed by atoms with E-state index in [1.54, 1.807) is 11.3 Å². The zero-order valence-electron chi connectivity index (χ0n) is 13.2. The number of amides is 1. The lowest BCUT2D eigenvalue weighted by Crippen LogP contribution is -2.43. The highest BCUT2D eigenvalue weighted by molar-refractivity contribution is 7.10. The molecule has 0 atom stereocenters. The number of hydrogen-bond acceptors (Lipinski definition) is 3. The zero-order chi connectivity index (χ0) is 14.9. The number of nitrogens with one attached hydrogen (secondary N) is 1. The van der Waals surface area contributed by atoms with Crippen LogP contribution in [0, 0.1) is 5.41 Å². The number of carbonyl (C=O) groups excluding carboxylic acids is 1. The summed E-state index contributed by atoms with van der Waals surface area (Å²) in [5.74, 6) is 0.884. The van der Waals surface area contributed by atoms with Crippen molar-refractivity contribution in [2.45, 2.75) is 45.4 Å². The van der Waals surface area contributed by atoms with Gasteiger partial charge in [0.25, 0.3) is 5.91 Å². The van der Waals surface area contributed by atoms with E-state index in [1.807, 2.05) is 0 Å². The van der Waals surface area contributed by atoms with Crippen LogP contribution < -0.4 is 5.32 Å². The predicted molar refractivity (Wildman–Crippen MR) is 88.1 cm³/mol. The summed E-state index contributed by atoms with van der Waals surface area (Å²) in [5, 5.41) is 5.47. The van der Waals surface area contributed by atoms with Crippen LogP contribution in [0.1, 0.15) is 60.7 Å². The molecule has 4 heteroatoms. The second-order valence-electron chi connectivity index (χ2n) is 7.26. The van der Waals surface area contributed by atoms with Crippen LogP contribution in [0.15, 0.2) is 11.4 Å². The molecule has 1 amide bonds. The lowest BCUT2D eigenvalue weighted by molar-refractivity contribution is 0.0584. The van der Waals surface area contributed by atoms with Crippen molar-refractivity contribution in [3.8, 4) is 0 Å². The standard InChI is InChI=1S/C17H26N2OS/c1-17(2)6-3-9-19(12-17)16(20)14-10-15(21-11-14)13-4-7-18-8-5-13/h10-11,13,18H,3-9,12H2,1-2H3. The first-order chi connectivity index (χ1) is 10.1. The van der Waals surface area contributed by atoms with Gasteiger partial charge in [0.05, 0.1) is 5.56 Å². The Morgan fingerprint density at radius 1 is 1.38 bits per heavy atom. The molecule has 3 rings (SSSR count). The number of thiophene rings is 1. The van der Waals surface area contributed by atoms with Crippen LogP contribution in [0.5, 0.6) is 0 Å². The van der Waals surface area contributed by atoms with E-state index in [4.69, 9.17) is 0 Å². The maximum Gasteiger partial charge on any atom is 0.254 e. The van der Waals surface area contributed by atoms with Crippen LogP contribution in [0.3, 0.4) is 0 Å². The Balaban J connectivity index is 1.69. The molecule has 0 spiro atoms. The predicted octanol–water partition coefficient (Wildman–Crippen LogP) is 3.48. The molecule has 2 fully saturated rings. The molecular formula is C17H26N2OS. The minimum absolute atomic E-state index is 0.235. The molecule has 0 radical (unpaired) electrons. The van der Waals surface area contributed by atoms with Gasteiger partial charge in [-0.1, -0.05) is 13.8 Å². The van der Waals surface area contributed by atoms with Gasteiger partial charge in [-0.3, -0.25) is 4.79 Å². The number of piperidine rings is 2. The number of rotatable bonds is 2. The van der Waals surface area contributed by atoms with Crippen LogP contribution in [0.2, 0.25) is 0 Å². The smallest absolute Gasteiger partial charge is 0.254 e. The van der Waals surface area contributed by atoms with Gasteiger partial charge in [0.15, 0.2) is 0 Å². The SMILES string of the molecule is CC1(C)CCCN(C(=O)c2csc(C3CCNCC3)c2)C1. The van der Waals surface area contributed by atoms with Gasteiger partial charge in [-0.25, -0.2) is 0 Å². The third kappa shape index (κ3) is 3.49. The summed E-state index contributed by atoms with van der Waals surface area (Å²) < 4.78 is 0. The van der Waals surface area contributed by atoms with Crippen molar-refractivity contribution in [1.82, 2.24) is 10.2 Å². The van der Waals surface area contributed by atoms with Crippen molar-refractivity contribution in [3.63, 3.8) is 0 Å². The first-order valence-corrected chi connectivity index (χ1v) is 9.02. The Morgan fingerprint density at radius 3 is 2.86 bits per heavy atom. The van der Waals surface area contributed by atoms with Crippen LogP contribution >= 0.6 is 11.3 Å². The molecule has 116 valence electrons. The van der Waals surface area contributed by atoms with Gasteiger partial charge in [0.2, 0.25) is 0 Å². The van der Waals surface area contributed by atoms with Crippen molar-refractivity contribution < 1.29 is 4.79 Å². The number of nitrogens with zero attached hydrogens (tertiary/aromatic N) is 1. The van der Waals surface area contributed by atoms with Crippen molar-refractivity contribution in [1.29, 1.82) is 0 Å². The van der Waals surface area contributed by atoms with E-state index >= 15 is 0 Å². The Bertz CT molecular complexity index is 503. The second-order valence-corrected chi connectivity index (χ2v) is 8.20. The Hall–Kier alpha value is -0.870. The maximum absolute atomic E-state index is 12.7. The largest absolute Gasteiger partial charge is 0.338 e. The Kier molecular flexibility index (Phi) is 4.36. The van der Waals surface area contributed by atoms with Crippen molar-refractivity contribution >= 4 is 17.2 Å². The molecule has 3 heterocycles. The highest BCUT2D eigenvalue weighted by atomic mass is 32.1. The number of carbonyl (C=O) groups is 1. The molecule has 2 aliphatic heterocycles. The van der Waals surface area contributed by atoms with E-state index in [0.717, 1.165) is 38.2 Å². The van der Waals surface area contributed by atoms with Gasteiger partial charge in [-0.05, 0) is 56.2 Å². The summed E-state index contributed by atoms with van der Waals surface area (Å²) in [6.07, 6.45) is 4.75. The molecule has 21 heavy (non-hydrogen) atoms. The van der Waals surface area contributed by atoms with Crippen molar-refractivity contribution in [2.75, 3.05) is 26.2 Å². The highest BCUT2D eigenvalue weighted by Gasteiger charge is 2.30. The maximum atomic E-state index is 12.7. The lowest BCUT2D eigenvalue weighted by Gasteiger charge is -2.38. The summed E-state index contributed by atoms with van der Waals surface area (Å²) in [4.78, 5) is 16.2. The highest BCUT2D eigenvalue weighted by Crippen LogP contribution is 2.33. The molecule has 0 aliphatic carbocycles. The summed E-state index contributed by atoms with van der Waals surface area (Å²) >= 11 is 1.77. The fourth-order valence-electron chi connectivity index (χ4n) is 3.56. The van der Waals surface area contributed by atoms with Gasteiger partial charge in [0.1, 0.15) is 0 Å². The molecule has 0 unspecified atom stereocenters. The van der Waals surface area contributed by atoms with Crippen molar-refractivity contribution in [3.05, 3.63) is 21.9 Å². The van der Waals surface area contributed by atoms with E-state index in [1.165, 1.54) is 24.1 Å². The minimum atomic E-state index is 0.235. The van der Waals surface area contributed by atoms with Crippen LogP contribution in [0.4, 0.5) is 0 Å². The molecule has 1 aromatic rings. The Morgan fingerprint density at radius 2 is 2.14 bits per heavy atom. The summed E-state index contributed by atoms with van der Waals surface area (Å²) in [6.45, 7) is 8.55. The van der Waals surface area contributed by atoms with E-state index in [9.17, 15) is 4.79 Å². The normalized spacial score (nSPS) is 23.2. The fraction of sp³-hybridized carbons (Fsp3) is 0.706. The first-order valence-electron chi connectivity index (χ1n) is 8.14. The van der Waals surface area contributed by atoms with Crippen molar-refractivity contribution in [2.24, 2.45) is 5.41 Å². The summed E-state index contributed by atoms with van der Waals surface area (Å²) in [5.41, 5.74) is 1.17. The molecular weight excluding hydrogens is 280 g/mol. The molecule has 0 saturated carbocycles. The van der Waals surface area contributed by atoms with Crippen LogP contribution in [-0.4, -0.2) is 37.0 Å². The van der Waals surface area contributed by atoms with Gasteiger partial charge < -0.3 is 10.2 Å². The number of likely N-dealkylation sites (tertiary alicyclic amines) is 1. The van der Waals surface area contributed by atoms with Crippen LogP contribution in [-0.2, 0) is 0 Å². The summed E-state index contributed by atoms with van der Waals surface area (Å²) in [7, 11) is 0. The molecule has 2 saturated heterocycles. The topological polar surface area (TPSA) is 32.3 Å². The molecule has 0 bridgehead atoms. The fourth-order valence-corrected chi connectivity index (χ4v) is 4.62. The molecule has 1 aromatic heterocycles. The molecule has 1 N–H and O–H groups in total. The van der Waals surface area contributed by atoms with Crippen LogP contribution in [0.25, 0.3) is 0 Å². The number of hydrogen-bond donors (Lipinski definition) is 1. The lowest BCUT2D eigenvalue weighted by atomic mass is 9.84. The van der Waals surface area contributed by atoms with Gasteiger partial charge in [0, 0.05) is 23.3 Å². The third-order valence-corrected chi connectivity index (χ3v) is 5.89. The first kappa shape index (κ1) is 15.0. The van der Waals surface area contributed by atoms with E-state index in [2.05, 4.69) is 35.5 Å². The van der Waals surface area contributed by atoms with Gasteiger partial charge in [-0.15, -0.1) is 11.3 Å². The van der Waals surface area contributed by atoms with Gasteiger partial charge >= 0.3 is 0 Å². The second kappa shape index (κ2) is 6.09. The summed E-state index contributed by atoms with van der Waals surface area (Å²) in [6, 6.07) is 2.16.